The van der Waals surface area contributed by atoms with E-state index in [1.807, 2.05) is 0 Å². The zero-order valence-corrected chi connectivity index (χ0v) is 12.0. The van der Waals surface area contributed by atoms with Gasteiger partial charge in [0.25, 0.3) is 0 Å². The van der Waals surface area contributed by atoms with Crippen LogP contribution in [-0.2, 0) is 19.1 Å². The number of rotatable bonds is 8. The molecule has 0 aromatic heterocycles. The van der Waals surface area contributed by atoms with Gasteiger partial charge in [-0.2, -0.15) is 0 Å². The summed E-state index contributed by atoms with van der Waals surface area (Å²) in [4.78, 5) is 32.8. The molecule has 1 rings (SSSR count). The maximum Gasteiger partial charge on any atom is 0.331 e. The Morgan fingerprint density at radius 3 is 2.32 bits per heavy atom. The summed E-state index contributed by atoms with van der Waals surface area (Å²) in [6, 6.07) is 6.54. The number of methoxy groups -OCH3 is 1. The van der Waals surface area contributed by atoms with E-state index >= 15 is 0 Å². The average molecular weight is 308 g/mol. The quantitative estimate of drug-likeness (QED) is 0.337. The highest BCUT2D eigenvalue weighted by molar-refractivity contribution is 5.90. The predicted octanol–water partition coefficient (Wildman–Crippen LogP) is 1.56. The smallest absolute Gasteiger partial charge is 0.331 e. The first-order valence-electron chi connectivity index (χ1n) is 6.44. The van der Waals surface area contributed by atoms with E-state index < -0.39 is 17.9 Å². The first-order chi connectivity index (χ1) is 10.5. The van der Waals surface area contributed by atoms with Gasteiger partial charge >= 0.3 is 17.9 Å². The molecule has 0 aliphatic rings. The minimum absolute atomic E-state index is 0.000501. The van der Waals surface area contributed by atoms with Crippen LogP contribution in [0.1, 0.15) is 12.8 Å². The number of esters is 2. The third kappa shape index (κ3) is 7.09. The third-order valence-electron chi connectivity index (χ3n) is 2.42. The summed E-state index contributed by atoms with van der Waals surface area (Å²) < 4.78 is 14.8. The lowest BCUT2D eigenvalue weighted by molar-refractivity contribution is -0.140. The molecule has 7 heteroatoms. The maximum absolute atomic E-state index is 11.5. The lowest BCUT2D eigenvalue weighted by atomic mass is 10.3. The van der Waals surface area contributed by atoms with Crippen LogP contribution in [0.4, 0.5) is 0 Å². The Bertz CT molecular complexity index is 546. The standard InChI is InChI=1S/C15H16O7/c1-20-11-4-6-12(7-5-11)22-15(19)3-2-10-21-14(18)9-8-13(16)17/h4-9H,2-3,10H2,1H3,(H,16,17)/b9-8+. The summed E-state index contributed by atoms with van der Waals surface area (Å²) >= 11 is 0. The third-order valence-corrected chi connectivity index (χ3v) is 2.42. The Kier molecular flexibility index (Phi) is 7.18. The van der Waals surface area contributed by atoms with Crippen molar-refractivity contribution in [2.75, 3.05) is 13.7 Å². The Balaban J connectivity index is 2.23. The molecule has 0 saturated heterocycles. The number of hydrogen-bond acceptors (Lipinski definition) is 6. The zero-order valence-electron chi connectivity index (χ0n) is 12.0. The number of carboxylic acids is 1. The van der Waals surface area contributed by atoms with E-state index in [0.29, 0.717) is 17.6 Å². The molecule has 118 valence electrons. The van der Waals surface area contributed by atoms with Gasteiger partial charge in [-0.25, -0.2) is 9.59 Å². The largest absolute Gasteiger partial charge is 0.497 e. The molecule has 7 nitrogen and oxygen atoms in total. The van der Waals surface area contributed by atoms with Gasteiger partial charge in [-0.05, 0) is 30.7 Å². The normalized spacial score (nSPS) is 10.2. The fourth-order valence-electron chi connectivity index (χ4n) is 1.40. The predicted molar refractivity (Wildman–Crippen MR) is 75.6 cm³/mol. The van der Waals surface area contributed by atoms with Gasteiger partial charge in [0, 0.05) is 18.6 Å². The van der Waals surface area contributed by atoms with Crippen molar-refractivity contribution in [2.24, 2.45) is 0 Å². The van der Waals surface area contributed by atoms with Gasteiger partial charge in [0.05, 0.1) is 13.7 Å². The average Bonchev–Trinajstić information content (AvgIpc) is 2.50. The molecular formula is C15H16O7. The number of carboxylic acid groups (broad SMARTS) is 1. The molecule has 0 fully saturated rings. The minimum atomic E-state index is -1.24. The van der Waals surface area contributed by atoms with Gasteiger partial charge in [0.15, 0.2) is 0 Å². The number of hydrogen-bond donors (Lipinski definition) is 1. The molecule has 0 unspecified atom stereocenters. The van der Waals surface area contributed by atoms with Crippen LogP contribution in [0.2, 0.25) is 0 Å². The molecule has 1 N–H and O–H groups in total. The Morgan fingerprint density at radius 1 is 1.09 bits per heavy atom. The molecule has 0 bridgehead atoms. The van der Waals surface area contributed by atoms with Crippen molar-refractivity contribution in [1.29, 1.82) is 0 Å². The summed E-state index contributed by atoms with van der Waals surface area (Å²) in [5, 5.41) is 8.32. The lowest BCUT2D eigenvalue weighted by Crippen LogP contribution is -2.10. The van der Waals surface area contributed by atoms with E-state index in [1.165, 1.54) is 7.11 Å². The topological polar surface area (TPSA) is 99.1 Å². The van der Waals surface area contributed by atoms with Crippen molar-refractivity contribution in [2.45, 2.75) is 12.8 Å². The van der Waals surface area contributed by atoms with E-state index in [9.17, 15) is 14.4 Å². The number of aliphatic carboxylic acids is 1. The fraction of sp³-hybridized carbons (Fsp3) is 0.267. The van der Waals surface area contributed by atoms with E-state index in [1.54, 1.807) is 24.3 Å². The summed E-state index contributed by atoms with van der Waals surface area (Å²) in [5.41, 5.74) is 0. The molecule has 0 amide bonds. The summed E-state index contributed by atoms with van der Waals surface area (Å²) in [6.45, 7) is 0.000501. The van der Waals surface area contributed by atoms with Gasteiger partial charge in [0.1, 0.15) is 11.5 Å². The van der Waals surface area contributed by atoms with Gasteiger partial charge in [-0.3, -0.25) is 4.79 Å². The Morgan fingerprint density at radius 2 is 1.73 bits per heavy atom. The van der Waals surface area contributed by atoms with Gasteiger partial charge < -0.3 is 19.3 Å². The van der Waals surface area contributed by atoms with E-state index in [-0.39, 0.29) is 19.4 Å². The molecule has 0 heterocycles. The minimum Gasteiger partial charge on any atom is -0.497 e. The lowest BCUT2D eigenvalue weighted by Gasteiger charge is -2.05. The molecule has 0 spiro atoms. The zero-order chi connectivity index (χ0) is 16.4. The number of carbonyl (C=O) groups excluding carboxylic acids is 2. The van der Waals surface area contributed by atoms with Crippen molar-refractivity contribution in [1.82, 2.24) is 0 Å². The van der Waals surface area contributed by atoms with Gasteiger partial charge in [0.2, 0.25) is 0 Å². The Hall–Kier alpha value is -2.83. The SMILES string of the molecule is COc1ccc(OC(=O)CCCOC(=O)/C=C/C(=O)O)cc1. The fourth-order valence-corrected chi connectivity index (χ4v) is 1.40. The van der Waals surface area contributed by atoms with Crippen molar-refractivity contribution in [3.05, 3.63) is 36.4 Å². The van der Waals surface area contributed by atoms with Crippen LogP contribution in [0, 0.1) is 0 Å². The van der Waals surface area contributed by atoms with E-state index in [4.69, 9.17) is 19.3 Å². The van der Waals surface area contributed by atoms with Crippen LogP contribution in [0.15, 0.2) is 36.4 Å². The van der Waals surface area contributed by atoms with Crippen LogP contribution >= 0.6 is 0 Å². The number of ether oxygens (including phenoxy) is 3. The van der Waals surface area contributed by atoms with Crippen LogP contribution in [0.25, 0.3) is 0 Å². The van der Waals surface area contributed by atoms with Crippen LogP contribution in [0.5, 0.6) is 11.5 Å². The van der Waals surface area contributed by atoms with Gasteiger partial charge in [-0.1, -0.05) is 0 Å². The van der Waals surface area contributed by atoms with Crippen LogP contribution < -0.4 is 9.47 Å². The molecule has 22 heavy (non-hydrogen) atoms. The number of benzene rings is 1. The van der Waals surface area contributed by atoms with E-state index in [2.05, 4.69) is 0 Å². The number of carbonyl (C=O) groups is 3. The van der Waals surface area contributed by atoms with Gasteiger partial charge in [-0.15, -0.1) is 0 Å². The second-order valence-electron chi connectivity index (χ2n) is 4.09. The molecule has 0 saturated carbocycles. The highest BCUT2D eigenvalue weighted by Gasteiger charge is 2.06. The molecule has 0 aliphatic carbocycles. The van der Waals surface area contributed by atoms with Crippen molar-refractivity contribution in [3.8, 4) is 11.5 Å². The van der Waals surface area contributed by atoms with Crippen molar-refractivity contribution in [3.63, 3.8) is 0 Å². The van der Waals surface area contributed by atoms with Crippen molar-refractivity contribution < 1.29 is 33.7 Å². The highest BCUT2D eigenvalue weighted by Crippen LogP contribution is 2.17. The van der Waals surface area contributed by atoms with Crippen molar-refractivity contribution >= 4 is 17.9 Å². The highest BCUT2D eigenvalue weighted by atomic mass is 16.5. The monoisotopic (exact) mass is 308 g/mol. The summed E-state index contributed by atoms with van der Waals surface area (Å²) in [5.74, 6) is -1.42. The molecular weight excluding hydrogens is 292 g/mol. The second kappa shape index (κ2) is 9.17. The second-order valence-corrected chi connectivity index (χ2v) is 4.09. The van der Waals surface area contributed by atoms with Crippen LogP contribution in [0.3, 0.4) is 0 Å². The molecule has 0 atom stereocenters. The molecule has 0 radical (unpaired) electrons. The summed E-state index contributed by atoms with van der Waals surface area (Å²) in [7, 11) is 1.54. The molecule has 0 aliphatic heterocycles. The first-order valence-corrected chi connectivity index (χ1v) is 6.44. The maximum atomic E-state index is 11.5. The first kappa shape index (κ1) is 17.2. The van der Waals surface area contributed by atoms with E-state index in [0.717, 1.165) is 6.08 Å². The molecule has 1 aromatic rings. The van der Waals surface area contributed by atoms with Crippen LogP contribution in [-0.4, -0.2) is 36.7 Å². The Labute approximate surface area is 127 Å². The summed E-state index contributed by atoms with van der Waals surface area (Å²) in [6.07, 6.45) is 1.84. The molecule has 1 aromatic carbocycles.